The first kappa shape index (κ1) is 24.6. The normalized spacial score (nSPS) is 11.3. The van der Waals surface area contributed by atoms with Crippen LogP contribution in [0.4, 0.5) is 17.1 Å². The van der Waals surface area contributed by atoms with Crippen molar-refractivity contribution in [1.29, 1.82) is 0 Å². The molecule has 0 aliphatic rings. The highest BCUT2D eigenvalue weighted by molar-refractivity contribution is 7.25. The van der Waals surface area contributed by atoms with Crippen molar-refractivity contribution in [2.45, 2.75) is 0 Å². The zero-order chi connectivity index (χ0) is 27.9. The van der Waals surface area contributed by atoms with Gasteiger partial charge in [-0.15, -0.1) is 11.3 Å². The lowest BCUT2D eigenvalue weighted by Gasteiger charge is -2.26. The number of nitrogens with zero attached hydrogens (tertiary/aromatic N) is 1. The van der Waals surface area contributed by atoms with Gasteiger partial charge in [0.1, 0.15) is 0 Å². The van der Waals surface area contributed by atoms with E-state index >= 15 is 0 Å². The van der Waals surface area contributed by atoms with Gasteiger partial charge in [-0.3, -0.25) is 0 Å². The van der Waals surface area contributed by atoms with Crippen molar-refractivity contribution in [3.05, 3.63) is 164 Å². The smallest absolute Gasteiger partial charge is 0.0467 e. The minimum Gasteiger partial charge on any atom is -0.310 e. The fourth-order valence-electron chi connectivity index (χ4n) is 5.93. The molecule has 0 amide bonds. The fourth-order valence-corrected chi connectivity index (χ4v) is 7.07. The van der Waals surface area contributed by atoms with E-state index in [9.17, 15) is 0 Å². The van der Waals surface area contributed by atoms with Crippen LogP contribution in [-0.4, -0.2) is 0 Å². The number of rotatable bonds is 5. The molecule has 1 aromatic heterocycles. The maximum Gasteiger partial charge on any atom is 0.0467 e. The van der Waals surface area contributed by atoms with Gasteiger partial charge in [-0.1, -0.05) is 109 Å². The van der Waals surface area contributed by atoms with E-state index in [4.69, 9.17) is 0 Å². The van der Waals surface area contributed by atoms with Crippen LogP contribution in [-0.2, 0) is 0 Å². The topological polar surface area (TPSA) is 3.24 Å². The Morgan fingerprint density at radius 3 is 1.83 bits per heavy atom. The van der Waals surface area contributed by atoms with Crippen LogP contribution in [0.2, 0.25) is 0 Å². The maximum absolute atomic E-state index is 2.34. The van der Waals surface area contributed by atoms with Crippen molar-refractivity contribution in [3.8, 4) is 22.3 Å². The number of hydrogen-bond donors (Lipinski definition) is 0. The molecule has 0 spiro atoms. The van der Waals surface area contributed by atoms with Gasteiger partial charge in [-0.2, -0.15) is 0 Å². The largest absolute Gasteiger partial charge is 0.310 e. The van der Waals surface area contributed by atoms with Crippen molar-refractivity contribution in [3.63, 3.8) is 0 Å². The van der Waals surface area contributed by atoms with Gasteiger partial charge in [-0.05, 0) is 87.6 Å². The molecule has 1 nitrogen and oxygen atoms in total. The van der Waals surface area contributed by atoms with E-state index in [1.54, 1.807) is 0 Å². The van der Waals surface area contributed by atoms with Crippen molar-refractivity contribution >= 4 is 59.3 Å². The molecule has 0 unspecified atom stereocenters. The summed E-state index contributed by atoms with van der Waals surface area (Å²) >= 11 is 1.86. The minimum absolute atomic E-state index is 1.13. The van der Waals surface area contributed by atoms with Crippen LogP contribution in [0.3, 0.4) is 0 Å². The molecule has 0 saturated carbocycles. The highest BCUT2D eigenvalue weighted by atomic mass is 32.1. The number of benzene rings is 7. The van der Waals surface area contributed by atoms with E-state index in [1.165, 1.54) is 53.2 Å². The van der Waals surface area contributed by atoms with Crippen LogP contribution in [0.1, 0.15) is 0 Å². The number of para-hydroxylation sites is 1. The second-order valence-corrected chi connectivity index (χ2v) is 11.7. The highest BCUT2D eigenvalue weighted by Crippen LogP contribution is 2.40. The Labute approximate surface area is 249 Å². The van der Waals surface area contributed by atoms with Crippen molar-refractivity contribution in [2.24, 2.45) is 0 Å². The lowest BCUT2D eigenvalue weighted by molar-refractivity contribution is 1.28. The molecule has 0 atom stereocenters. The quantitative estimate of drug-likeness (QED) is 0.205. The highest BCUT2D eigenvalue weighted by Gasteiger charge is 2.14. The zero-order valence-corrected chi connectivity index (χ0v) is 23.8. The lowest BCUT2D eigenvalue weighted by atomic mass is 10.0. The lowest BCUT2D eigenvalue weighted by Crippen LogP contribution is -2.09. The van der Waals surface area contributed by atoms with Gasteiger partial charge in [0.05, 0.1) is 0 Å². The molecule has 0 saturated heterocycles. The first-order chi connectivity index (χ1) is 20.8. The zero-order valence-electron chi connectivity index (χ0n) is 22.9. The molecular weight excluding hydrogens is 527 g/mol. The Bertz CT molecular complexity index is 2190. The first-order valence-electron chi connectivity index (χ1n) is 14.3. The molecule has 198 valence electrons. The van der Waals surface area contributed by atoms with E-state index in [0.717, 1.165) is 17.1 Å². The van der Waals surface area contributed by atoms with Gasteiger partial charge in [0.2, 0.25) is 0 Å². The Hall–Kier alpha value is -5.18. The molecule has 0 fully saturated rings. The average Bonchev–Trinajstić information content (AvgIpc) is 3.44. The third-order valence-electron chi connectivity index (χ3n) is 8.04. The van der Waals surface area contributed by atoms with Gasteiger partial charge in [-0.25, -0.2) is 0 Å². The summed E-state index contributed by atoms with van der Waals surface area (Å²) < 4.78 is 2.66. The van der Waals surface area contributed by atoms with Crippen molar-refractivity contribution < 1.29 is 0 Å². The summed E-state index contributed by atoms with van der Waals surface area (Å²) in [6.45, 7) is 0. The molecule has 0 radical (unpaired) electrons. The summed E-state index contributed by atoms with van der Waals surface area (Å²) in [5.74, 6) is 0. The summed E-state index contributed by atoms with van der Waals surface area (Å²) in [7, 11) is 0. The number of hydrogen-bond acceptors (Lipinski definition) is 2. The predicted octanol–water partition coefficient (Wildman–Crippen LogP) is 12.0. The van der Waals surface area contributed by atoms with Gasteiger partial charge < -0.3 is 4.90 Å². The van der Waals surface area contributed by atoms with Crippen LogP contribution in [0.25, 0.3) is 53.2 Å². The number of anilines is 3. The molecule has 1 heterocycles. The summed E-state index contributed by atoms with van der Waals surface area (Å²) in [5, 5.41) is 5.18. The molecule has 8 aromatic rings. The molecule has 8 rings (SSSR count). The number of fused-ring (bicyclic) bond motifs is 4. The van der Waals surface area contributed by atoms with Crippen molar-refractivity contribution in [1.82, 2.24) is 0 Å². The van der Waals surface area contributed by atoms with Crippen LogP contribution < -0.4 is 4.90 Å². The standard InChI is InChI=1S/C40H27NS/c1-2-12-34(13-3-1)41(35-22-19-29(20-23-35)32-18-17-28-9-4-5-10-30(28)25-32)36-14-8-11-31(26-36)33-21-24-38-37-15-6-7-16-39(37)42-40(38)27-33/h1-27H. The van der Waals surface area contributed by atoms with E-state index < -0.39 is 0 Å². The molecule has 0 N–H and O–H groups in total. The molecule has 42 heavy (non-hydrogen) atoms. The summed E-state index contributed by atoms with van der Waals surface area (Å²) in [6.07, 6.45) is 0. The van der Waals surface area contributed by atoms with Gasteiger partial charge in [0.15, 0.2) is 0 Å². The second kappa shape index (κ2) is 10.3. The Morgan fingerprint density at radius 1 is 0.333 bits per heavy atom. The average molecular weight is 554 g/mol. The van der Waals surface area contributed by atoms with Crippen LogP contribution in [0.15, 0.2) is 164 Å². The Morgan fingerprint density at radius 2 is 0.952 bits per heavy atom. The van der Waals surface area contributed by atoms with Crippen LogP contribution in [0, 0.1) is 0 Å². The van der Waals surface area contributed by atoms with Gasteiger partial charge >= 0.3 is 0 Å². The molecule has 2 heteroatoms. The van der Waals surface area contributed by atoms with E-state index in [0.29, 0.717) is 0 Å². The van der Waals surface area contributed by atoms with Crippen LogP contribution >= 0.6 is 11.3 Å². The van der Waals surface area contributed by atoms with Crippen LogP contribution in [0.5, 0.6) is 0 Å². The van der Waals surface area contributed by atoms with E-state index in [2.05, 4.69) is 169 Å². The molecule has 0 aliphatic carbocycles. The SMILES string of the molecule is c1ccc(N(c2ccc(-c3ccc4ccccc4c3)cc2)c2cccc(-c3ccc4c(c3)sc3ccccc34)c2)cc1. The third-order valence-corrected chi connectivity index (χ3v) is 9.17. The predicted molar refractivity (Wildman–Crippen MR) is 182 cm³/mol. The monoisotopic (exact) mass is 553 g/mol. The van der Waals surface area contributed by atoms with Gasteiger partial charge in [0.25, 0.3) is 0 Å². The molecular formula is C40H27NS. The molecule has 0 bridgehead atoms. The van der Waals surface area contributed by atoms with E-state index in [-0.39, 0.29) is 0 Å². The first-order valence-corrected chi connectivity index (χ1v) is 15.1. The summed E-state index contributed by atoms with van der Waals surface area (Å²) in [6, 6.07) is 59.2. The molecule has 0 aliphatic heterocycles. The maximum atomic E-state index is 2.34. The van der Waals surface area contributed by atoms with Crippen molar-refractivity contribution in [2.75, 3.05) is 4.90 Å². The van der Waals surface area contributed by atoms with Gasteiger partial charge in [0, 0.05) is 37.2 Å². The second-order valence-electron chi connectivity index (χ2n) is 10.6. The Balaban J connectivity index is 1.19. The summed E-state index contributed by atoms with van der Waals surface area (Å²) in [5.41, 5.74) is 8.27. The fraction of sp³-hybridized carbons (Fsp3) is 0. The third kappa shape index (κ3) is 4.43. The number of thiophene rings is 1. The molecule has 7 aromatic carbocycles. The van der Waals surface area contributed by atoms with E-state index in [1.807, 2.05) is 11.3 Å². The Kier molecular flexibility index (Phi) is 6.05. The summed E-state index contributed by atoms with van der Waals surface area (Å²) in [4.78, 5) is 2.34. The minimum atomic E-state index is 1.13.